The first-order valence-corrected chi connectivity index (χ1v) is 8.96. The maximum absolute atomic E-state index is 12.0. The molecule has 128 valence electrons. The lowest BCUT2D eigenvalue weighted by atomic mass is 10.1. The van der Waals surface area contributed by atoms with Crippen LogP contribution in [0.25, 0.3) is 0 Å². The van der Waals surface area contributed by atoms with Gasteiger partial charge in [-0.2, -0.15) is 0 Å². The molecule has 0 radical (unpaired) electrons. The zero-order valence-electron chi connectivity index (χ0n) is 13.2. The minimum Gasteiger partial charge on any atom is -0.350 e. The Morgan fingerprint density at radius 3 is 2.42 bits per heavy atom. The van der Waals surface area contributed by atoms with Crippen LogP contribution < -0.4 is 15.6 Å². The largest absolute Gasteiger partial charge is 0.350 e. The fourth-order valence-corrected chi connectivity index (χ4v) is 2.98. The van der Waals surface area contributed by atoms with Gasteiger partial charge in [0.15, 0.2) is 0 Å². The van der Waals surface area contributed by atoms with Crippen LogP contribution in [0.4, 0.5) is 0 Å². The second-order valence-electron chi connectivity index (χ2n) is 5.18. The fraction of sp³-hybridized carbons (Fsp3) is 0.250. The van der Waals surface area contributed by atoms with Crippen molar-refractivity contribution >= 4 is 15.9 Å². The number of benzene rings is 1. The number of pyridine rings is 1. The molecule has 1 aromatic heterocycles. The molecule has 0 spiro atoms. The van der Waals surface area contributed by atoms with Gasteiger partial charge in [-0.05, 0) is 24.2 Å². The van der Waals surface area contributed by atoms with Gasteiger partial charge in [0.1, 0.15) is 6.54 Å². The van der Waals surface area contributed by atoms with Gasteiger partial charge in [0.25, 0.3) is 5.56 Å². The van der Waals surface area contributed by atoms with Gasteiger partial charge in [0.2, 0.25) is 15.9 Å². The summed E-state index contributed by atoms with van der Waals surface area (Å²) in [7, 11) is -2.04. The highest BCUT2D eigenvalue weighted by Crippen LogP contribution is 2.11. The van der Waals surface area contributed by atoms with Crippen LogP contribution in [0.2, 0.25) is 0 Å². The predicted octanol–water partition coefficient (Wildman–Crippen LogP) is 0.214. The number of nitrogens with one attached hydrogen (secondary N) is 2. The quantitative estimate of drug-likeness (QED) is 0.747. The van der Waals surface area contributed by atoms with Gasteiger partial charge in [-0.25, -0.2) is 13.1 Å². The average molecular weight is 349 g/mol. The maximum atomic E-state index is 12.0. The third kappa shape index (κ3) is 5.04. The molecule has 2 aromatic rings. The molecule has 0 saturated carbocycles. The van der Waals surface area contributed by atoms with Gasteiger partial charge >= 0.3 is 0 Å². The summed E-state index contributed by atoms with van der Waals surface area (Å²) >= 11 is 0. The number of hydrogen-bond acceptors (Lipinski definition) is 4. The molecule has 2 rings (SSSR count). The van der Waals surface area contributed by atoms with Crippen LogP contribution in [0.5, 0.6) is 0 Å². The third-order valence-electron chi connectivity index (χ3n) is 3.46. The van der Waals surface area contributed by atoms with Crippen molar-refractivity contribution in [3.63, 3.8) is 0 Å². The van der Waals surface area contributed by atoms with Crippen LogP contribution in [0.3, 0.4) is 0 Å². The van der Waals surface area contributed by atoms with Crippen LogP contribution in [0.15, 0.2) is 53.5 Å². The van der Waals surface area contributed by atoms with Crippen LogP contribution in [-0.4, -0.2) is 25.9 Å². The van der Waals surface area contributed by atoms with Gasteiger partial charge in [0, 0.05) is 18.8 Å². The van der Waals surface area contributed by atoms with E-state index in [1.807, 2.05) is 0 Å². The monoisotopic (exact) mass is 349 g/mol. The average Bonchev–Trinajstić information content (AvgIpc) is 2.56. The SMILES string of the molecule is CNS(=O)(=O)Cc1ccccc1CNC(=O)Cn1ccccc1=O. The van der Waals surface area contributed by atoms with Crippen molar-refractivity contribution in [2.45, 2.75) is 18.8 Å². The molecular weight excluding hydrogens is 330 g/mol. The predicted molar refractivity (Wildman–Crippen MR) is 90.7 cm³/mol. The molecule has 1 aromatic carbocycles. The molecule has 0 fully saturated rings. The second kappa shape index (κ2) is 7.89. The number of nitrogens with zero attached hydrogens (tertiary/aromatic N) is 1. The molecule has 0 aliphatic heterocycles. The standard InChI is InChI=1S/C16H19N3O4S/c1-17-24(22,23)12-14-7-3-2-6-13(14)10-18-15(20)11-19-9-5-4-8-16(19)21/h2-9,17H,10-12H2,1H3,(H,18,20). The topological polar surface area (TPSA) is 97.3 Å². The summed E-state index contributed by atoms with van der Waals surface area (Å²) in [6.45, 7) is 0.104. The Balaban J connectivity index is 2.03. The lowest BCUT2D eigenvalue weighted by Gasteiger charge is -2.11. The highest BCUT2D eigenvalue weighted by molar-refractivity contribution is 7.88. The smallest absolute Gasteiger partial charge is 0.250 e. The fourth-order valence-electron chi connectivity index (χ4n) is 2.14. The minimum absolute atomic E-state index is 0.0867. The Morgan fingerprint density at radius 1 is 1.08 bits per heavy atom. The molecule has 0 aliphatic carbocycles. The normalized spacial score (nSPS) is 11.2. The Morgan fingerprint density at radius 2 is 1.75 bits per heavy atom. The summed E-state index contributed by atoms with van der Waals surface area (Å²) in [4.78, 5) is 23.6. The van der Waals surface area contributed by atoms with E-state index >= 15 is 0 Å². The molecule has 0 bridgehead atoms. The molecule has 7 nitrogen and oxygen atoms in total. The zero-order chi connectivity index (χ0) is 17.6. The number of amides is 1. The molecule has 0 atom stereocenters. The molecule has 1 amide bonds. The summed E-state index contributed by atoms with van der Waals surface area (Å²) in [6.07, 6.45) is 1.54. The van der Waals surface area contributed by atoms with Gasteiger partial charge in [-0.15, -0.1) is 0 Å². The van der Waals surface area contributed by atoms with Crippen molar-refractivity contribution in [3.8, 4) is 0 Å². The third-order valence-corrected chi connectivity index (χ3v) is 4.78. The Hall–Kier alpha value is -2.45. The van der Waals surface area contributed by atoms with Crippen molar-refractivity contribution < 1.29 is 13.2 Å². The van der Waals surface area contributed by atoms with E-state index in [-0.39, 0.29) is 30.3 Å². The van der Waals surface area contributed by atoms with Gasteiger partial charge in [0.05, 0.1) is 5.75 Å². The molecule has 8 heteroatoms. The summed E-state index contributed by atoms with van der Waals surface area (Å²) in [6, 6.07) is 11.6. The number of hydrogen-bond donors (Lipinski definition) is 2. The first-order valence-electron chi connectivity index (χ1n) is 7.31. The van der Waals surface area contributed by atoms with E-state index in [2.05, 4.69) is 10.0 Å². The molecule has 0 saturated heterocycles. The lowest BCUT2D eigenvalue weighted by molar-refractivity contribution is -0.121. The minimum atomic E-state index is -3.40. The highest BCUT2D eigenvalue weighted by atomic mass is 32.2. The first-order chi connectivity index (χ1) is 11.4. The molecule has 24 heavy (non-hydrogen) atoms. The van der Waals surface area contributed by atoms with E-state index in [1.165, 1.54) is 23.9 Å². The maximum Gasteiger partial charge on any atom is 0.250 e. The van der Waals surface area contributed by atoms with Crippen LogP contribution >= 0.6 is 0 Å². The van der Waals surface area contributed by atoms with Crippen LogP contribution in [0.1, 0.15) is 11.1 Å². The molecule has 1 heterocycles. The van der Waals surface area contributed by atoms with Crippen LogP contribution in [-0.2, 0) is 33.7 Å². The molecule has 0 unspecified atom stereocenters. The van der Waals surface area contributed by atoms with Crippen LogP contribution in [0, 0.1) is 0 Å². The number of carbonyl (C=O) groups excluding carboxylic acids is 1. The van der Waals surface area contributed by atoms with E-state index in [1.54, 1.807) is 36.4 Å². The van der Waals surface area contributed by atoms with Crippen molar-refractivity contribution in [2.75, 3.05) is 7.05 Å². The lowest BCUT2D eigenvalue weighted by Crippen LogP contribution is -2.31. The van der Waals surface area contributed by atoms with E-state index in [0.29, 0.717) is 11.1 Å². The number of sulfonamides is 1. The number of rotatable bonds is 7. The molecular formula is C16H19N3O4S. The first kappa shape index (κ1) is 17.9. The van der Waals surface area contributed by atoms with Gasteiger partial charge in [-0.3, -0.25) is 9.59 Å². The van der Waals surface area contributed by atoms with E-state index in [9.17, 15) is 18.0 Å². The Labute approximate surface area is 140 Å². The van der Waals surface area contributed by atoms with Crippen molar-refractivity contribution in [3.05, 3.63) is 70.1 Å². The number of carbonyl (C=O) groups is 1. The summed E-state index contributed by atoms with van der Waals surface area (Å²) in [5.41, 5.74) is 1.07. The van der Waals surface area contributed by atoms with Gasteiger partial charge < -0.3 is 9.88 Å². The van der Waals surface area contributed by atoms with E-state index in [0.717, 1.165) is 0 Å². The van der Waals surface area contributed by atoms with Crippen molar-refractivity contribution in [2.24, 2.45) is 0 Å². The number of aromatic nitrogens is 1. The molecule has 0 aliphatic rings. The van der Waals surface area contributed by atoms with Crippen molar-refractivity contribution in [1.82, 2.24) is 14.6 Å². The second-order valence-corrected chi connectivity index (χ2v) is 7.10. The Bertz CT molecular complexity index is 875. The Kier molecular flexibility index (Phi) is 5.88. The summed E-state index contributed by atoms with van der Waals surface area (Å²) in [5.74, 6) is -0.484. The molecule has 2 N–H and O–H groups in total. The summed E-state index contributed by atoms with van der Waals surface area (Å²) in [5, 5.41) is 2.70. The van der Waals surface area contributed by atoms with Crippen molar-refractivity contribution in [1.29, 1.82) is 0 Å². The zero-order valence-corrected chi connectivity index (χ0v) is 14.0. The van der Waals surface area contributed by atoms with E-state index in [4.69, 9.17) is 0 Å². The summed E-state index contributed by atoms with van der Waals surface area (Å²) < 4.78 is 27.0. The van der Waals surface area contributed by atoms with Gasteiger partial charge in [-0.1, -0.05) is 30.3 Å². The highest BCUT2D eigenvalue weighted by Gasteiger charge is 2.12. The van der Waals surface area contributed by atoms with E-state index < -0.39 is 10.0 Å².